The molecule has 0 aliphatic carbocycles. The van der Waals surface area contributed by atoms with Crippen LogP contribution in [-0.2, 0) is 28.0 Å². The monoisotopic (exact) mass is 552 g/mol. The van der Waals surface area contributed by atoms with Crippen molar-refractivity contribution in [3.8, 4) is 5.75 Å². The quantitative estimate of drug-likeness (QED) is 0.267. The Labute approximate surface area is 226 Å². The van der Waals surface area contributed by atoms with Crippen molar-refractivity contribution in [1.82, 2.24) is 5.32 Å². The van der Waals surface area contributed by atoms with Gasteiger partial charge in [0.05, 0.1) is 10.6 Å². The number of hydrogen-bond acceptors (Lipinski definition) is 4. The number of ether oxygens (including phenoxy) is 1. The molecule has 0 fully saturated rings. The third-order valence-electron chi connectivity index (χ3n) is 5.80. The Balaban J connectivity index is 1.41. The number of hydrogen-bond donors (Lipinski definition) is 1. The van der Waals surface area contributed by atoms with Crippen LogP contribution in [-0.4, -0.2) is 20.9 Å². The molecule has 6 nitrogen and oxygen atoms in total. The van der Waals surface area contributed by atoms with Gasteiger partial charge < -0.3 is 10.1 Å². The molecule has 0 unspecified atom stereocenters. The molecule has 0 aliphatic heterocycles. The first-order chi connectivity index (χ1) is 18.2. The summed E-state index contributed by atoms with van der Waals surface area (Å²) in [6, 6.07) is 26.1. The lowest BCUT2D eigenvalue weighted by atomic mass is 10.2. The minimum atomic E-state index is -4.03. The van der Waals surface area contributed by atoms with Crippen LogP contribution in [0.4, 0.5) is 10.1 Å². The molecule has 4 aromatic rings. The summed E-state index contributed by atoms with van der Waals surface area (Å²) in [5, 5.41) is 3.20. The van der Waals surface area contributed by atoms with Gasteiger partial charge in [0.2, 0.25) is 5.91 Å². The van der Waals surface area contributed by atoms with Gasteiger partial charge in [0.15, 0.2) is 0 Å². The number of para-hydroxylation sites is 1. The highest BCUT2D eigenvalue weighted by atomic mass is 35.5. The topological polar surface area (TPSA) is 75.7 Å². The van der Waals surface area contributed by atoms with Gasteiger partial charge in [-0.05, 0) is 78.2 Å². The number of nitrogens with zero attached hydrogens (tertiary/aromatic N) is 1. The number of benzene rings is 4. The van der Waals surface area contributed by atoms with Crippen molar-refractivity contribution in [1.29, 1.82) is 0 Å². The van der Waals surface area contributed by atoms with Crippen molar-refractivity contribution in [2.24, 2.45) is 0 Å². The zero-order valence-electron chi connectivity index (χ0n) is 20.6. The smallest absolute Gasteiger partial charge is 0.264 e. The standard InChI is InChI=1S/C29H26ClFN2O4S/c1-21-4-2-3-5-28(21)33(38(35,36)27-16-10-24(30)11-17-27)19-29(34)32-18-22-8-14-26(15-9-22)37-20-23-6-12-25(31)13-7-23/h2-17H,18-20H2,1H3,(H,32,34). The number of halogens is 2. The number of nitrogens with one attached hydrogen (secondary N) is 1. The number of anilines is 1. The molecule has 0 spiro atoms. The maximum atomic E-state index is 13.5. The Morgan fingerprint density at radius 3 is 2.18 bits per heavy atom. The molecule has 4 aromatic carbocycles. The summed E-state index contributed by atoms with van der Waals surface area (Å²) in [6.45, 7) is 1.90. The van der Waals surface area contributed by atoms with E-state index in [1.165, 1.54) is 36.4 Å². The van der Waals surface area contributed by atoms with Crippen LogP contribution in [0.3, 0.4) is 0 Å². The largest absolute Gasteiger partial charge is 0.489 e. The van der Waals surface area contributed by atoms with Gasteiger partial charge in [-0.1, -0.05) is 54.1 Å². The van der Waals surface area contributed by atoms with E-state index in [1.807, 2.05) is 12.1 Å². The Morgan fingerprint density at radius 2 is 1.53 bits per heavy atom. The third kappa shape index (κ3) is 6.90. The molecule has 0 aromatic heterocycles. The predicted octanol–water partition coefficient (Wildman–Crippen LogP) is 5.88. The third-order valence-corrected chi connectivity index (χ3v) is 7.83. The predicted molar refractivity (Wildman–Crippen MR) is 146 cm³/mol. The lowest BCUT2D eigenvalue weighted by molar-refractivity contribution is -0.119. The molecule has 0 heterocycles. The molecular weight excluding hydrogens is 527 g/mol. The van der Waals surface area contributed by atoms with Crippen LogP contribution in [0.15, 0.2) is 102 Å². The minimum Gasteiger partial charge on any atom is -0.489 e. The first-order valence-corrected chi connectivity index (χ1v) is 13.6. The minimum absolute atomic E-state index is 0.0363. The first kappa shape index (κ1) is 27.2. The van der Waals surface area contributed by atoms with Gasteiger partial charge in [0.25, 0.3) is 10.0 Å². The number of amides is 1. The molecule has 9 heteroatoms. The van der Waals surface area contributed by atoms with Gasteiger partial charge in [-0.3, -0.25) is 9.10 Å². The molecule has 1 N–H and O–H groups in total. The highest BCUT2D eigenvalue weighted by Crippen LogP contribution is 2.27. The van der Waals surface area contributed by atoms with E-state index in [4.69, 9.17) is 16.3 Å². The number of carbonyl (C=O) groups excluding carboxylic acids is 1. The Morgan fingerprint density at radius 1 is 0.895 bits per heavy atom. The van der Waals surface area contributed by atoms with Gasteiger partial charge in [-0.15, -0.1) is 0 Å². The van der Waals surface area contributed by atoms with E-state index in [1.54, 1.807) is 55.5 Å². The number of sulfonamides is 1. The fourth-order valence-electron chi connectivity index (χ4n) is 3.71. The highest BCUT2D eigenvalue weighted by molar-refractivity contribution is 7.92. The van der Waals surface area contributed by atoms with Crippen molar-refractivity contribution in [3.63, 3.8) is 0 Å². The molecule has 0 radical (unpaired) electrons. The van der Waals surface area contributed by atoms with Crippen LogP contribution in [0.5, 0.6) is 5.75 Å². The second kappa shape index (κ2) is 12.1. The van der Waals surface area contributed by atoms with Gasteiger partial charge in [0.1, 0.15) is 24.7 Å². The van der Waals surface area contributed by atoms with Crippen LogP contribution >= 0.6 is 11.6 Å². The molecule has 0 aliphatic rings. The molecule has 0 saturated carbocycles. The van der Waals surface area contributed by atoms with Gasteiger partial charge in [-0.2, -0.15) is 0 Å². The molecular formula is C29H26ClFN2O4S. The molecule has 0 bridgehead atoms. The molecule has 1 amide bonds. The Hall–Kier alpha value is -3.88. The Bertz CT molecular complexity index is 1490. The lowest BCUT2D eigenvalue weighted by Gasteiger charge is -2.25. The number of carbonyl (C=O) groups is 1. The van der Waals surface area contributed by atoms with Crippen molar-refractivity contribution < 1.29 is 22.3 Å². The maximum Gasteiger partial charge on any atom is 0.264 e. The summed E-state index contributed by atoms with van der Waals surface area (Å²) in [5.74, 6) is -0.128. The van der Waals surface area contributed by atoms with Crippen molar-refractivity contribution in [2.45, 2.75) is 25.0 Å². The normalized spacial score (nSPS) is 11.1. The summed E-state index contributed by atoms with van der Waals surface area (Å²) < 4.78 is 46.9. The summed E-state index contributed by atoms with van der Waals surface area (Å²) >= 11 is 5.94. The summed E-state index contributed by atoms with van der Waals surface area (Å²) in [4.78, 5) is 12.9. The van der Waals surface area contributed by atoms with Crippen LogP contribution < -0.4 is 14.4 Å². The summed E-state index contributed by atoms with van der Waals surface area (Å²) in [7, 11) is -4.03. The SMILES string of the molecule is Cc1ccccc1N(CC(=O)NCc1ccc(OCc2ccc(F)cc2)cc1)S(=O)(=O)c1ccc(Cl)cc1. The van der Waals surface area contributed by atoms with Gasteiger partial charge in [0, 0.05) is 11.6 Å². The van der Waals surface area contributed by atoms with E-state index in [9.17, 15) is 17.6 Å². The number of aryl methyl sites for hydroxylation is 1. The van der Waals surface area contributed by atoms with Gasteiger partial charge >= 0.3 is 0 Å². The molecule has 0 atom stereocenters. The zero-order valence-corrected chi connectivity index (χ0v) is 22.2. The Kier molecular flexibility index (Phi) is 8.66. The fourth-order valence-corrected chi connectivity index (χ4v) is 5.33. The van der Waals surface area contributed by atoms with Crippen molar-refractivity contribution >= 4 is 33.2 Å². The van der Waals surface area contributed by atoms with Crippen molar-refractivity contribution in [2.75, 3.05) is 10.8 Å². The summed E-state index contributed by atoms with van der Waals surface area (Å²) in [5.41, 5.74) is 2.79. The lowest BCUT2D eigenvalue weighted by Crippen LogP contribution is -2.41. The summed E-state index contributed by atoms with van der Waals surface area (Å²) in [6.07, 6.45) is 0. The van der Waals surface area contributed by atoms with Crippen molar-refractivity contribution in [3.05, 3.63) is 125 Å². The average Bonchev–Trinajstić information content (AvgIpc) is 2.91. The van der Waals surface area contributed by atoms with Crippen LogP contribution in [0, 0.1) is 12.7 Å². The molecule has 4 rings (SSSR count). The van der Waals surface area contributed by atoms with Crippen LogP contribution in [0.2, 0.25) is 5.02 Å². The second-order valence-electron chi connectivity index (χ2n) is 8.59. The number of rotatable bonds is 10. The average molecular weight is 553 g/mol. The maximum absolute atomic E-state index is 13.5. The van der Waals surface area contributed by atoms with Crippen LogP contribution in [0.25, 0.3) is 0 Å². The molecule has 196 valence electrons. The second-order valence-corrected chi connectivity index (χ2v) is 10.9. The first-order valence-electron chi connectivity index (χ1n) is 11.8. The zero-order chi connectivity index (χ0) is 27.1. The molecule has 38 heavy (non-hydrogen) atoms. The molecule has 0 saturated heterocycles. The van der Waals surface area contributed by atoms with E-state index in [0.29, 0.717) is 28.6 Å². The van der Waals surface area contributed by atoms with Crippen LogP contribution in [0.1, 0.15) is 16.7 Å². The van der Waals surface area contributed by atoms with E-state index in [2.05, 4.69) is 5.32 Å². The van der Waals surface area contributed by atoms with Gasteiger partial charge in [-0.25, -0.2) is 12.8 Å². The fraction of sp³-hybridized carbons (Fsp3) is 0.138. The van der Waals surface area contributed by atoms with E-state index >= 15 is 0 Å². The van der Waals surface area contributed by atoms with E-state index in [0.717, 1.165) is 15.4 Å². The van der Waals surface area contributed by atoms with E-state index < -0.39 is 22.5 Å². The highest BCUT2D eigenvalue weighted by Gasteiger charge is 2.28. The van der Waals surface area contributed by atoms with E-state index in [-0.39, 0.29) is 17.3 Å².